The predicted octanol–water partition coefficient (Wildman–Crippen LogP) is 0.607. The van der Waals surface area contributed by atoms with Crippen LogP contribution in [-0.4, -0.2) is 25.8 Å². The molecule has 2 heterocycles. The highest BCUT2D eigenvalue weighted by molar-refractivity contribution is 5.73. The molecule has 10 heavy (non-hydrogen) atoms. The zero-order valence-corrected chi connectivity index (χ0v) is 6.01. The first-order valence-electron chi connectivity index (χ1n) is 3.86. The number of hydrogen-bond acceptors (Lipinski definition) is 2. The van der Waals surface area contributed by atoms with Gasteiger partial charge in [0.2, 0.25) is 0 Å². The largest absolute Gasteiger partial charge is 0.313 e. The van der Waals surface area contributed by atoms with Crippen LogP contribution < -0.4 is 5.32 Å². The minimum atomic E-state index is 0.756. The van der Waals surface area contributed by atoms with Gasteiger partial charge >= 0.3 is 0 Å². The van der Waals surface area contributed by atoms with Crippen LogP contribution in [0.1, 0.15) is 6.42 Å². The van der Waals surface area contributed by atoms with Crippen LogP contribution in [-0.2, 0) is 0 Å². The lowest BCUT2D eigenvalue weighted by molar-refractivity contribution is 0.473. The van der Waals surface area contributed by atoms with Crippen molar-refractivity contribution < 1.29 is 0 Å². The quantitative estimate of drug-likeness (QED) is 0.518. The van der Waals surface area contributed by atoms with Crippen LogP contribution in [0.5, 0.6) is 0 Å². The van der Waals surface area contributed by atoms with E-state index in [0.717, 1.165) is 25.6 Å². The summed E-state index contributed by atoms with van der Waals surface area (Å²) in [5, 5.41) is 3.35. The van der Waals surface area contributed by atoms with Crippen molar-refractivity contribution in [1.29, 1.82) is 0 Å². The first-order valence-corrected chi connectivity index (χ1v) is 3.86. The molecule has 0 aromatic carbocycles. The van der Waals surface area contributed by atoms with Crippen molar-refractivity contribution >= 4 is 6.21 Å². The van der Waals surface area contributed by atoms with Crippen molar-refractivity contribution in [1.82, 2.24) is 5.32 Å². The van der Waals surface area contributed by atoms with Gasteiger partial charge in [-0.1, -0.05) is 0 Å². The highest BCUT2D eigenvalue weighted by Crippen LogP contribution is 2.19. The van der Waals surface area contributed by atoms with Crippen molar-refractivity contribution in [3.05, 3.63) is 11.6 Å². The summed E-state index contributed by atoms with van der Waals surface area (Å²) in [6.07, 6.45) is 5.35. The summed E-state index contributed by atoms with van der Waals surface area (Å²) in [7, 11) is 0. The van der Waals surface area contributed by atoms with Gasteiger partial charge in [-0.25, -0.2) is 0 Å². The summed E-state index contributed by atoms with van der Waals surface area (Å²) in [6, 6.07) is 0. The van der Waals surface area contributed by atoms with E-state index in [1.807, 2.05) is 6.21 Å². The number of aliphatic imine (C=N–C) groups is 1. The molecule has 0 aliphatic carbocycles. The van der Waals surface area contributed by atoms with E-state index >= 15 is 0 Å². The Bertz CT molecular complexity index is 182. The predicted molar refractivity (Wildman–Crippen MR) is 42.4 cm³/mol. The van der Waals surface area contributed by atoms with Crippen LogP contribution in [0.4, 0.5) is 0 Å². The fraction of sp³-hybridized carbons (Fsp3) is 0.625. The molecule has 0 bridgehead atoms. The van der Waals surface area contributed by atoms with Gasteiger partial charge in [0.1, 0.15) is 0 Å². The maximum absolute atomic E-state index is 4.23. The summed E-state index contributed by atoms with van der Waals surface area (Å²) in [4.78, 5) is 4.23. The third kappa shape index (κ3) is 0.991. The molecule has 0 saturated carbocycles. The number of dihydropyridines is 1. The number of nitrogens with zero attached hydrogens (tertiary/aromatic N) is 1. The second-order valence-corrected chi connectivity index (χ2v) is 2.92. The zero-order chi connectivity index (χ0) is 6.81. The SMILES string of the molecule is C1=NCC2CCNCC2=C1. The molecule has 0 spiro atoms. The molecule has 54 valence electrons. The molecule has 2 heteroatoms. The number of hydrogen-bond donors (Lipinski definition) is 1. The molecule has 1 N–H and O–H groups in total. The Labute approximate surface area is 61.0 Å². The number of rotatable bonds is 0. The van der Waals surface area contributed by atoms with Gasteiger partial charge < -0.3 is 5.32 Å². The van der Waals surface area contributed by atoms with Gasteiger partial charge in [-0.2, -0.15) is 0 Å². The third-order valence-corrected chi connectivity index (χ3v) is 2.24. The van der Waals surface area contributed by atoms with Crippen LogP contribution in [0.2, 0.25) is 0 Å². The molecule has 1 unspecified atom stereocenters. The molecule has 0 amide bonds. The second-order valence-electron chi connectivity index (χ2n) is 2.92. The average Bonchev–Trinajstić information content (AvgIpc) is 2.05. The van der Waals surface area contributed by atoms with E-state index in [1.165, 1.54) is 6.42 Å². The fourth-order valence-electron chi connectivity index (χ4n) is 1.58. The first kappa shape index (κ1) is 6.10. The summed E-state index contributed by atoms with van der Waals surface area (Å²) in [5.41, 5.74) is 1.54. The summed E-state index contributed by atoms with van der Waals surface area (Å²) in [6.45, 7) is 3.27. The van der Waals surface area contributed by atoms with E-state index in [0.29, 0.717) is 0 Å². The molecular weight excluding hydrogens is 124 g/mol. The third-order valence-electron chi connectivity index (χ3n) is 2.24. The summed E-state index contributed by atoms with van der Waals surface area (Å²) in [5.74, 6) is 0.756. The summed E-state index contributed by atoms with van der Waals surface area (Å²) >= 11 is 0. The van der Waals surface area contributed by atoms with Crippen molar-refractivity contribution in [2.75, 3.05) is 19.6 Å². The molecule has 0 aromatic rings. The van der Waals surface area contributed by atoms with Gasteiger partial charge in [-0.15, -0.1) is 0 Å². The molecular formula is C8H12N2. The lowest BCUT2D eigenvalue weighted by atomic mass is 9.91. The molecule has 1 fully saturated rings. The van der Waals surface area contributed by atoms with Crippen LogP contribution in [0.15, 0.2) is 16.6 Å². The van der Waals surface area contributed by atoms with Crippen molar-refractivity contribution in [3.63, 3.8) is 0 Å². The normalized spacial score (nSPS) is 31.2. The lowest BCUT2D eigenvalue weighted by Gasteiger charge is -2.26. The zero-order valence-electron chi connectivity index (χ0n) is 6.01. The Kier molecular flexibility index (Phi) is 1.55. The Morgan fingerprint density at radius 3 is 3.50 bits per heavy atom. The van der Waals surface area contributed by atoms with Gasteiger partial charge in [-0.3, -0.25) is 4.99 Å². The second kappa shape index (κ2) is 2.54. The fourth-order valence-corrected chi connectivity index (χ4v) is 1.58. The maximum Gasteiger partial charge on any atom is 0.0455 e. The van der Waals surface area contributed by atoms with Crippen LogP contribution in [0, 0.1) is 5.92 Å². The molecule has 2 nitrogen and oxygen atoms in total. The molecule has 1 atom stereocenters. The van der Waals surface area contributed by atoms with E-state index in [4.69, 9.17) is 0 Å². The van der Waals surface area contributed by atoms with Crippen molar-refractivity contribution in [3.8, 4) is 0 Å². The molecule has 1 saturated heterocycles. The first-order chi connectivity index (χ1) is 4.97. The van der Waals surface area contributed by atoms with E-state index in [1.54, 1.807) is 5.57 Å². The Balaban J connectivity index is 2.14. The van der Waals surface area contributed by atoms with Gasteiger partial charge in [0, 0.05) is 25.2 Å². The van der Waals surface area contributed by atoms with Crippen LogP contribution in [0.25, 0.3) is 0 Å². The van der Waals surface area contributed by atoms with E-state index < -0.39 is 0 Å². The Hall–Kier alpha value is -0.630. The number of piperidine rings is 1. The number of fused-ring (bicyclic) bond motifs is 1. The number of allylic oxidation sites excluding steroid dienone is 1. The van der Waals surface area contributed by atoms with Gasteiger partial charge in [0.05, 0.1) is 0 Å². The minimum absolute atomic E-state index is 0.756. The van der Waals surface area contributed by atoms with E-state index in [9.17, 15) is 0 Å². The highest BCUT2D eigenvalue weighted by atomic mass is 14.9. The monoisotopic (exact) mass is 136 g/mol. The summed E-state index contributed by atoms with van der Waals surface area (Å²) < 4.78 is 0. The Morgan fingerprint density at radius 1 is 1.60 bits per heavy atom. The molecule has 2 aliphatic heterocycles. The average molecular weight is 136 g/mol. The standard InChI is InChI=1S/C8H12N2/c1-3-9-6-8-2-4-10-5-7(1)8/h1,3,8,10H,2,4-6H2. The van der Waals surface area contributed by atoms with Crippen molar-refractivity contribution in [2.45, 2.75) is 6.42 Å². The maximum atomic E-state index is 4.23. The lowest BCUT2D eigenvalue weighted by Crippen LogP contribution is -2.32. The Morgan fingerprint density at radius 2 is 2.60 bits per heavy atom. The molecule has 2 rings (SSSR count). The van der Waals surface area contributed by atoms with E-state index in [2.05, 4.69) is 16.4 Å². The highest BCUT2D eigenvalue weighted by Gasteiger charge is 2.18. The smallest absolute Gasteiger partial charge is 0.0455 e. The molecule has 0 aromatic heterocycles. The van der Waals surface area contributed by atoms with Crippen LogP contribution >= 0.6 is 0 Å². The van der Waals surface area contributed by atoms with E-state index in [-0.39, 0.29) is 0 Å². The van der Waals surface area contributed by atoms with Gasteiger partial charge in [0.25, 0.3) is 0 Å². The molecule has 0 radical (unpaired) electrons. The number of nitrogens with one attached hydrogen (secondary N) is 1. The molecule has 2 aliphatic rings. The van der Waals surface area contributed by atoms with Crippen LogP contribution in [0.3, 0.4) is 0 Å². The minimum Gasteiger partial charge on any atom is -0.313 e. The van der Waals surface area contributed by atoms with Gasteiger partial charge in [0.15, 0.2) is 0 Å². The topological polar surface area (TPSA) is 24.4 Å². The van der Waals surface area contributed by atoms with Crippen molar-refractivity contribution in [2.24, 2.45) is 10.9 Å². The van der Waals surface area contributed by atoms with Gasteiger partial charge in [-0.05, 0) is 24.6 Å².